The Labute approximate surface area is 95.5 Å². The molecule has 0 aromatic rings. The summed E-state index contributed by atoms with van der Waals surface area (Å²) in [5, 5.41) is 15.9. The van der Waals surface area contributed by atoms with Crippen LogP contribution >= 0.6 is 0 Å². The van der Waals surface area contributed by atoms with Crippen LogP contribution in [-0.4, -0.2) is 49.5 Å². The maximum absolute atomic E-state index is 11.8. The van der Waals surface area contributed by atoms with Gasteiger partial charge in [0, 0.05) is 19.7 Å². The molecule has 0 saturated carbocycles. The van der Waals surface area contributed by atoms with Crippen molar-refractivity contribution < 1.29 is 14.6 Å². The first-order valence-electron chi connectivity index (χ1n) is 5.98. The van der Waals surface area contributed by atoms with Crippen LogP contribution in [-0.2, 0) is 9.53 Å². The highest BCUT2D eigenvalue weighted by atomic mass is 16.5. The molecule has 0 spiro atoms. The smallest absolute Gasteiger partial charge is 0.225 e. The number of hydrogen-bond acceptors (Lipinski definition) is 4. The lowest BCUT2D eigenvalue weighted by Crippen LogP contribution is -2.47. The number of carbonyl (C=O) groups is 1. The van der Waals surface area contributed by atoms with Crippen LogP contribution in [0.25, 0.3) is 0 Å². The molecule has 0 aliphatic carbocycles. The van der Waals surface area contributed by atoms with Crippen LogP contribution in [0.2, 0.25) is 0 Å². The lowest BCUT2D eigenvalue weighted by molar-refractivity contribution is -0.130. The maximum Gasteiger partial charge on any atom is 0.225 e. The zero-order valence-corrected chi connectivity index (χ0v) is 9.50. The molecule has 2 aliphatic rings. The summed E-state index contributed by atoms with van der Waals surface area (Å²) in [6.45, 7) is 3.00. The van der Waals surface area contributed by atoms with Gasteiger partial charge in [0.15, 0.2) is 0 Å². The normalized spacial score (nSPS) is 34.9. The summed E-state index contributed by atoms with van der Waals surface area (Å²) in [6, 6.07) is 0. The monoisotopic (exact) mass is 228 g/mol. The molecule has 0 radical (unpaired) electrons. The number of ether oxygens (including phenoxy) is 1. The summed E-state index contributed by atoms with van der Waals surface area (Å²) in [7, 11) is 0. The van der Waals surface area contributed by atoms with Gasteiger partial charge in [-0.1, -0.05) is 0 Å². The number of β-amino-alcohol motifs (C(OH)–C–C–N with tert-alkyl or cyclic N) is 1. The van der Waals surface area contributed by atoms with E-state index in [2.05, 4.69) is 10.6 Å². The Morgan fingerprint density at radius 2 is 2.50 bits per heavy atom. The van der Waals surface area contributed by atoms with Crippen molar-refractivity contribution in [2.24, 2.45) is 5.92 Å². The third-order valence-electron chi connectivity index (χ3n) is 3.34. The molecule has 5 heteroatoms. The van der Waals surface area contributed by atoms with Gasteiger partial charge in [-0.15, -0.1) is 0 Å². The summed E-state index contributed by atoms with van der Waals surface area (Å²) in [6.07, 6.45) is 2.54. The first-order chi connectivity index (χ1) is 7.70. The first-order valence-corrected chi connectivity index (χ1v) is 5.98. The van der Waals surface area contributed by atoms with Crippen molar-refractivity contribution in [2.75, 3.05) is 32.8 Å². The fraction of sp³-hybridized carbons (Fsp3) is 0.909. The molecule has 2 heterocycles. The average Bonchev–Trinajstić information content (AvgIpc) is 2.75. The number of hydrogen-bond donors (Lipinski definition) is 3. The van der Waals surface area contributed by atoms with Gasteiger partial charge in [0.05, 0.1) is 18.1 Å². The van der Waals surface area contributed by atoms with E-state index in [0.29, 0.717) is 26.1 Å². The number of rotatable bonds is 3. The zero-order valence-electron chi connectivity index (χ0n) is 9.50. The quantitative estimate of drug-likeness (QED) is 0.594. The standard InChI is InChI=1S/C11H20N2O3/c14-10(9-2-1-5-16-6-9)13-8-11(15)3-4-12-7-11/h9,12,15H,1-8H2,(H,13,14). The molecule has 2 fully saturated rings. The number of amides is 1. The van der Waals surface area contributed by atoms with Crippen molar-refractivity contribution in [2.45, 2.75) is 24.9 Å². The molecule has 0 aromatic heterocycles. The Bertz CT molecular complexity index is 246. The van der Waals surface area contributed by atoms with E-state index < -0.39 is 5.60 Å². The molecular weight excluding hydrogens is 208 g/mol. The Kier molecular flexibility index (Phi) is 3.78. The second-order valence-corrected chi connectivity index (χ2v) is 4.78. The van der Waals surface area contributed by atoms with E-state index in [1.165, 1.54) is 0 Å². The third-order valence-corrected chi connectivity index (χ3v) is 3.34. The van der Waals surface area contributed by atoms with Gasteiger partial charge in [0.2, 0.25) is 5.91 Å². The Balaban J connectivity index is 1.74. The molecule has 1 amide bonds. The molecule has 16 heavy (non-hydrogen) atoms. The lowest BCUT2D eigenvalue weighted by Gasteiger charge is -2.25. The Morgan fingerprint density at radius 3 is 3.12 bits per heavy atom. The molecule has 0 aromatic carbocycles. The summed E-state index contributed by atoms with van der Waals surface area (Å²) in [4.78, 5) is 11.8. The van der Waals surface area contributed by atoms with Gasteiger partial charge in [-0.2, -0.15) is 0 Å². The van der Waals surface area contributed by atoms with Crippen LogP contribution in [0.1, 0.15) is 19.3 Å². The highest BCUT2D eigenvalue weighted by molar-refractivity contribution is 5.78. The van der Waals surface area contributed by atoms with Crippen molar-refractivity contribution >= 4 is 5.91 Å². The molecule has 2 unspecified atom stereocenters. The topological polar surface area (TPSA) is 70.6 Å². The molecule has 92 valence electrons. The Morgan fingerprint density at radius 1 is 1.62 bits per heavy atom. The highest BCUT2D eigenvalue weighted by Crippen LogP contribution is 2.15. The van der Waals surface area contributed by atoms with Crippen molar-refractivity contribution in [3.05, 3.63) is 0 Å². The van der Waals surface area contributed by atoms with Crippen LogP contribution in [0.15, 0.2) is 0 Å². The van der Waals surface area contributed by atoms with Gasteiger partial charge in [0.25, 0.3) is 0 Å². The van der Waals surface area contributed by atoms with Crippen LogP contribution in [0.5, 0.6) is 0 Å². The summed E-state index contributed by atoms with van der Waals surface area (Å²) < 4.78 is 5.26. The van der Waals surface area contributed by atoms with Gasteiger partial charge in [-0.05, 0) is 25.8 Å². The summed E-state index contributed by atoms with van der Waals surface area (Å²) >= 11 is 0. The van der Waals surface area contributed by atoms with E-state index >= 15 is 0 Å². The molecule has 2 atom stereocenters. The van der Waals surface area contributed by atoms with Crippen molar-refractivity contribution in [1.82, 2.24) is 10.6 Å². The van der Waals surface area contributed by atoms with Crippen molar-refractivity contribution in [1.29, 1.82) is 0 Å². The zero-order chi connectivity index (χ0) is 11.4. The second kappa shape index (κ2) is 5.12. The van der Waals surface area contributed by atoms with Gasteiger partial charge in [-0.3, -0.25) is 4.79 Å². The van der Waals surface area contributed by atoms with Crippen LogP contribution in [0, 0.1) is 5.92 Å². The van der Waals surface area contributed by atoms with E-state index in [-0.39, 0.29) is 11.8 Å². The number of aliphatic hydroxyl groups is 1. The van der Waals surface area contributed by atoms with Crippen LogP contribution in [0.4, 0.5) is 0 Å². The van der Waals surface area contributed by atoms with Gasteiger partial charge < -0.3 is 20.5 Å². The average molecular weight is 228 g/mol. The predicted molar refractivity (Wildman–Crippen MR) is 59.0 cm³/mol. The molecule has 5 nitrogen and oxygen atoms in total. The number of nitrogens with one attached hydrogen (secondary N) is 2. The molecule has 0 bridgehead atoms. The van der Waals surface area contributed by atoms with Crippen LogP contribution < -0.4 is 10.6 Å². The molecular formula is C11H20N2O3. The predicted octanol–water partition coefficient (Wildman–Crippen LogP) is -0.746. The Hall–Kier alpha value is -0.650. The molecule has 2 saturated heterocycles. The van der Waals surface area contributed by atoms with Gasteiger partial charge >= 0.3 is 0 Å². The molecule has 2 rings (SSSR count). The van der Waals surface area contributed by atoms with E-state index in [4.69, 9.17) is 4.74 Å². The first kappa shape index (κ1) is 11.8. The summed E-state index contributed by atoms with van der Waals surface area (Å²) in [5.41, 5.74) is -0.759. The lowest BCUT2D eigenvalue weighted by atomic mass is 10.00. The molecule has 2 aliphatic heterocycles. The van der Waals surface area contributed by atoms with Crippen LogP contribution in [0.3, 0.4) is 0 Å². The molecule has 3 N–H and O–H groups in total. The van der Waals surface area contributed by atoms with Crippen molar-refractivity contribution in [3.63, 3.8) is 0 Å². The van der Waals surface area contributed by atoms with E-state index in [1.54, 1.807) is 0 Å². The minimum absolute atomic E-state index is 0.0139. The van der Waals surface area contributed by atoms with E-state index in [0.717, 1.165) is 26.0 Å². The van der Waals surface area contributed by atoms with E-state index in [1.807, 2.05) is 0 Å². The maximum atomic E-state index is 11.8. The van der Waals surface area contributed by atoms with Gasteiger partial charge in [-0.25, -0.2) is 0 Å². The third kappa shape index (κ3) is 2.93. The summed E-state index contributed by atoms with van der Waals surface area (Å²) in [5.74, 6) is -0.0215. The fourth-order valence-corrected chi connectivity index (χ4v) is 2.22. The number of carbonyl (C=O) groups excluding carboxylic acids is 1. The minimum Gasteiger partial charge on any atom is -0.387 e. The fourth-order valence-electron chi connectivity index (χ4n) is 2.22. The SMILES string of the molecule is O=C(NCC1(O)CCNC1)C1CCCOC1. The largest absolute Gasteiger partial charge is 0.387 e. The van der Waals surface area contributed by atoms with Gasteiger partial charge in [0.1, 0.15) is 0 Å². The highest BCUT2D eigenvalue weighted by Gasteiger charge is 2.32. The minimum atomic E-state index is -0.759. The second-order valence-electron chi connectivity index (χ2n) is 4.78. The van der Waals surface area contributed by atoms with Crippen molar-refractivity contribution in [3.8, 4) is 0 Å². The van der Waals surface area contributed by atoms with E-state index in [9.17, 15) is 9.90 Å².